The molecular formula is C13H15N. The van der Waals surface area contributed by atoms with E-state index >= 15 is 0 Å². The van der Waals surface area contributed by atoms with Gasteiger partial charge in [0.05, 0.1) is 0 Å². The van der Waals surface area contributed by atoms with Crippen LogP contribution in [0.4, 0.5) is 5.69 Å². The first-order valence-corrected chi connectivity index (χ1v) is 4.98. The zero-order valence-electron chi connectivity index (χ0n) is 8.46. The number of para-hydroxylation sites is 1. The summed E-state index contributed by atoms with van der Waals surface area (Å²) < 4.78 is 0. The molecule has 2 rings (SSSR count). The van der Waals surface area contributed by atoms with Crippen molar-refractivity contribution in [1.82, 2.24) is 0 Å². The van der Waals surface area contributed by atoms with Crippen LogP contribution < -0.4 is 5.73 Å². The number of hydrogen-bond acceptors (Lipinski definition) is 1. The Morgan fingerprint density at radius 3 is 2.50 bits per heavy atom. The maximum atomic E-state index is 5.92. The Labute approximate surface area is 84.9 Å². The molecule has 0 saturated carbocycles. The third-order valence-corrected chi connectivity index (χ3v) is 2.66. The summed E-state index contributed by atoms with van der Waals surface area (Å²) in [5, 5.41) is 0. The van der Waals surface area contributed by atoms with Gasteiger partial charge in [0.1, 0.15) is 0 Å². The minimum atomic E-state index is 0.881. The maximum Gasteiger partial charge on any atom is 0.0390 e. The van der Waals surface area contributed by atoms with E-state index in [1.165, 1.54) is 16.7 Å². The van der Waals surface area contributed by atoms with Gasteiger partial charge in [-0.05, 0) is 31.4 Å². The van der Waals surface area contributed by atoms with Crippen molar-refractivity contribution in [2.75, 3.05) is 5.73 Å². The van der Waals surface area contributed by atoms with Crippen molar-refractivity contribution in [3.05, 3.63) is 47.6 Å². The molecule has 0 bridgehead atoms. The highest BCUT2D eigenvalue weighted by Crippen LogP contribution is 2.29. The smallest absolute Gasteiger partial charge is 0.0390 e. The first-order valence-electron chi connectivity index (χ1n) is 4.98. The van der Waals surface area contributed by atoms with E-state index in [0.29, 0.717) is 0 Å². The van der Waals surface area contributed by atoms with Gasteiger partial charge in [0.15, 0.2) is 0 Å². The number of hydrogen-bond donors (Lipinski definition) is 1. The van der Waals surface area contributed by atoms with Crippen LogP contribution in [0.1, 0.15) is 25.3 Å². The molecule has 0 radical (unpaired) electrons. The van der Waals surface area contributed by atoms with E-state index in [-0.39, 0.29) is 0 Å². The van der Waals surface area contributed by atoms with E-state index in [1.807, 2.05) is 18.2 Å². The highest BCUT2D eigenvalue weighted by atomic mass is 14.6. The van der Waals surface area contributed by atoms with E-state index in [4.69, 9.17) is 5.73 Å². The van der Waals surface area contributed by atoms with E-state index in [0.717, 1.165) is 18.5 Å². The Morgan fingerprint density at radius 1 is 1.07 bits per heavy atom. The number of anilines is 1. The molecular weight excluding hydrogens is 170 g/mol. The fourth-order valence-corrected chi connectivity index (χ4v) is 1.76. The Kier molecular flexibility index (Phi) is 2.40. The summed E-state index contributed by atoms with van der Waals surface area (Å²) in [6, 6.07) is 8.07. The lowest BCUT2D eigenvalue weighted by Gasteiger charge is -2.13. The molecule has 14 heavy (non-hydrogen) atoms. The van der Waals surface area contributed by atoms with Crippen molar-refractivity contribution < 1.29 is 0 Å². The fourth-order valence-electron chi connectivity index (χ4n) is 1.76. The average Bonchev–Trinajstić information content (AvgIpc) is 2.20. The Bertz CT molecular complexity index is 399. The summed E-state index contributed by atoms with van der Waals surface area (Å²) in [5.41, 5.74) is 10.8. The van der Waals surface area contributed by atoms with E-state index < -0.39 is 0 Å². The number of nitrogen functional groups attached to an aromatic ring is 1. The third-order valence-electron chi connectivity index (χ3n) is 2.66. The molecule has 1 aliphatic rings. The van der Waals surface area contributed by atoms with Crippen LogP contribution in [0.3, 0.4) is 0 Å². The molecule has 0 spiro atoms. The van der Waals surface area contributed by atoms with E-state index in [2.05, 4.69) is 25.1 Å². The summed E-state index contributed by atoms with van der Waals surface area (Å²) in [6.45, 7) is 2.17. The number of nitrogens with two attached hydrogens (primary N) is 1. The maximum absolute atomic E-state index is 5.92. The summed E-state index contributed by atoms with van der Waals surface area (Å²) in [7, 11) is 0. The molecule has 1 nitrogen and oxygen atoms in total. The van der Waals surface area contributed by atoms with Gasteiger partial charge in [-0.2, -0.15) is 0 Å². The van der Waals surface area contributed by atoms with Crippen LogP contribution >= 0.6 is 0 Å². The number of benzene rings is 1. The molecule has 0 heterocycles. The predicted molar refractivity (Wildman–Crippen MR) is 61.8 cm³/mol. The molecule has 0 aliphatic heterocycles. The molecule has 0 atom stereocenters. The normalized spacial score (nSPS) is 16.1. The monoisotopic (exact) mass is 185 g/mol. The summed E-state index contributed by atoms with van der Waals surface area (Å²) >= 11 is 0. The Hall–Kier alpha value is -1.50. The lowest BCUT2D eigenvalue weighted by molar-refractivity contribution is 0.977. The highest BCUT2D eigenvalue weighted by molar-refractivity contribution is 5.76. The zero-order chi connectivity index (χ0) is 9.97. The molecule has 2 N–H and O–H groups in total. The van der Waals surface area contributed by atoms with Gasteiger partial charge >= 0.3 is 0 Å². The fraction of sp³-hybridized carbons (Fsp3) is 0.231. The minimum Gasteiger partial charge on any atom is -0.398 e. The lowest BCUT2D eigenvalue weighted by Crippen LogP contribution is -1.96. The van der Waals surface area contributed by atoms with Crippen molar-refractivity contribution in [3.8, 4) is 0 Å². The first-order chi connectivity index (χ1) is 6.77. The van der Waals surface area contributed by atoms with Gasteiger partial charge in [-0.1, -0.05) is 35.9 Å². The zero-order valence-corrected chi connectivity index (χ0v) is 8.46. The molecule has 1 aliphatic carbocycles. The average molecular weight is 185 g/mol. The molecule has 72 valence electrons. The quantitative estimate of drug-likeness (QED) is 0.667. The van der Waals surface area contributed by atoms with Crippen molar-refractivity contribution in [3.63, 3.8) is 0 Å². The molecule has 0 unspecified atom stereocenters. The van der Waals surface area contributed by atoms with E-state index in [1.54, 1.807) is 0 Å². The minimum absolute atomic E-state index is 0.881. The van der Waals surface area contributed by atoms with Crippen LogP contribution in [0.5, 0.6) is 0 Å². The molecule has 0 saturated heterocycles. The van der Waals surface area contributed by atoms with Crippen LogP contribution in [-0.4, -0.2) is 0 Å². The van der Waals surface area contributed by atoms with Crippen LogP contribution in [0.25, 0.3) is 5.57 Å². The van der Waals surface area contributed by atoms with Gasteiger partial charge in [-0.25, -0.2) is 0 Å². The molecule has 0 amide bonds. The number of rotatable bonds is 1. The van der Waals surface area contributed by atoms with E-state index in [9.17, 15) is 0 Å². The van der Waals surface area contributed by atoms with Crippen molar-refractivity contribution in [1.29, 1.82) is 0 Å². The van der Waals surface area contributed by atoms with Crippen LogP contribution in [-0.2, 0) is 0 Å². The standard InChI is InChI=1S/C13H15N/c1-10-6-8-11(9-7-10)12-4-2-3-5-13(12)14/h2-6,8H,7,9,14H2,1H3. The largest absolute Gasteiger partial charge is 0.398 e. The second-order valence-electron chi connectivity index (χ2n) is 3.79. The summed E-state index contributed by atoms with van der Waals surface area (Å²) in [5.74, 6) is 0. The van der Waals surface area contributed by atoms with Gasteiger partial charge in [-0.15, -0.1) is 0 Å². The molecule has 0 aromatic heterocycles. The molecule has 1 aromatic carbocycles. The Morgan fingerprint density at radius 2 is 1.86 bits per heavy atom. The predicted octanol–water partition coefficient (Wildman–Crippen LogP) is 3.39. The van der Waals surface area contributed by atoms with Crippen LogP contribution in [0.15, 0.2) is 42.0 Å². The van der Waals surface area contributed by atoms with Crippen molar-refractivity contribution in [2.45, 2.75) is 19.8 Å². The van der Waals surface area contributed by atoms with Gasteiger partial charge in [-0.3, -0.25) is 0 Å². The van der Waals surface area contributed by atoms with Crippen molar-refractivity contribution >= 4 is 11.3 Å². The molecule has 1 aromatic rings. The second kappa shape index (κ2) is 3.70. The van der Waals surface area contributed by atoms with Crippen molar-refractivity contribution in [2.24, 2.45) is 0 Å². The third kappa shape index (κ3) is 1.72. The van der Waals surface area contributed by atoms with Gasteiger partial charge in [0.2, 0.25) is 0 Å². The van der Waals surface area contributed by atoms with Crippen LogP contribution in [0.2, 0.25) is 0 Å². The highest BCUT2D eigenvalue weighted by Gasteiger charge is 2.07. The van der Waals surface area contributed by atoms with Crippen LogP contribution in [0, 0.1) is 0 Å². The molecule has 1 heteroatoms. The van der Waals surface area contributed by atoms with Gasteiger partial charge < -0.3 is 5.73 Å². The first kappa shape index (κ1) is 9.07. The van der Waals surface area contributed by atoms with Gasteiger partial charge in [0, 0.05) is 11.3 Å². The molecule has 0 fully saturated rings. The van der Waals surface area contributed by atoms with Gasteiger partial charge in [0.25, 0.3) is 0 Å². The topological polar surface area (TPSA) is 26.0 Å². The summed E-state index contributed by atoms with van der Waals surface area (Å²) in [6.07, 6.45) is 6.63. The number of allylic oxidation sites excluding steroid dienone is 4. The second-order valence-corrected chi connectivity index (χ2v) is 3.79. The Balaban J connectivity index is 2.37. The summed E-state index contributed by atoms with van der Waals surface area (Å²) in [4.78, 5) is 0. The SMILES string of the molecule is CC1=CC=C(c2ccccc2N)CC1. The lowest BCUT2D eigenvalue weighted by atomic mass is 9.93.